The Labute approximate surface area is 114 Å². The quantitative estimate of drug-likeness (QED) is 0.894. The summed E-state index contributed by atoms with van der Waals surface area (Å²) in [5.41, 5.74) is 3.12. The molecule has 1 atom stereocenters. The highest BCUT2D eigenvalue weighted by Gasteiger charge is 2.11. The van der Waals surface area contributed by atoms with E-state index >= 15 is 0 Å². The Hall–Kier alpha value is -1.75. The normalized spacial score (nSPS) is 12.6. The van der Waals surface area contributed by atoms with Gasteiger partial charge in [0, 0.05) is 36.7 Å². The first kappa shape index (κ1) is 13.7. The Balaban J connectivity index is 2.21. The van der Waals surface area contributed by atoms with Crippen LogP contribution >= 0.6 is 0 Å². The maximum absolute atomic E-state index is 4.58. The number of nitrogens with one attached hydrogen (secondary N) is 1. The van der Waals surface area contributed by atoms with Gasteiger partial charge < -0.3 is 5.32 Å². The van der Waals surface area contributed by atoms with Crippen LogP contribution < -0.4 is 5.32 Å². The van der Waals surface area contributed by atoms with Crippen LogP contribution in [0.2, 0.25) is 0 Å². The average Bonchev–Trinajstić information content (AvgIpc) is 2.82. The van der Waals surface area contributed by atoms with Crippen LogP contribution in [-0.4, -0.2) is 26.3 Å². The zero-order valence-electron chi connectivity index (χ0n) is 12.0. The van der Waals surface area contributed by atoms with Gasteiger partial charge in [-0.05, 0) is 26.8 Å². The van der Waals surface area contributed by atoms with Gasteiger partial charge in [0.25, 0.3) is 0 Å². The number of aromatic nitrogens is 4. The van der Waals surface area contributed by atoms with E-state index in [1.54, 1.807) is 10.9 Å². The summed E-state index contributed by atoms with van der Waals surface area (Å²) >= 11 is 0. The Bertz CT molecular complexity index is 547. The predicted octanol–water partition coefficient (Wildman–Crippen LogP) is 2.25. The summed E-state index contributed by atoms with van der Waals surface area (Å²) in [7, 11) is 1.89. The lowest BCUT2D eigenvalue weighted by Gasteiger charge is -2.15. The number of hydrogen-bond acceptors (Lipinski definition) is 4. The molecule has 0 saturated carbocycles. The number of aryl methyl sites for hydroxylation is 2. The van der Waals surface area contributed by atoms with Crippen LogP contribution in [-0.2, 0) is 7.05 Å². The Morgan fingerprint density at radius 2 is 2.16 bits per heavy atom. The second kappa shape index (κ2) is 5.93. The third-order valence-corrected chi connectivity index (χ3v) is 3.15. The average molecular weight is 259 g/mol. The molecule has 5 nitrogen and oxygen atoms in total. The van der Waals surface area contributed by atoms with E-state index in [9.17, 15) is 0 Å². The Kier molecular flexibility index (Phi) is 4.27. The van der Waals surface area contributed by atoms with E-state index in [1.807, 2.05) is 26.4 Å². The molecule has 5 heteroatoms. The highest BCUT2D eigenvalue weighted by molar-refractivity contribution is 5.52. The van der Waals surface area contributed by atoms with E-state index in [4.69, 9.17) is 0 Å². The van der Waals surface area contributed by atoms with Crippen molar-refractivity contribution >= 4 is 0 Å². The summed E-state index contributed by atoms with van der Waals surface area (Å²) in [6, 6.07) is 0.280. The molecule has 19 heavy (non-hydrogen) atoms. The van der Waals surface area contributed by atoms with Crippen LogP contribution in [0.25, 0.3) is 11.4 Å². The first-order chi connectivity index (χ1) is 9.11. The van der Waals surface area contributed by atoms with Crippen molar-refractivity contribution < 1.29 is 0 Å². The smallest absolute Gasteiger partial charge is 0.162 e. The first-order valence-corrected chi connectivity index (χ1v) is 6.67. The van der Waals surface area contributed by atoms with Gasteiger partial charge in [-0.25, -0.2) is 9.97 Å². The largest absolute Gasteiger partial charge is 0.310 e. The van der Waals surface area contributed by atoms with Crippen molar-refractivity contribution in [2.24, 2.45) is 7.05 Å². The van der Waals surface area contributed by atoms with Gasteiger partial charge in [-0.1, -0.05) is 6.92 Å². The van der Waals surface area contributed by atoms with Gasteiger partial charge in [-0.3, -0.25) is 4.68 Å². The fraction of sp³-hybridized carbons (Fsp3) is 0.500. The lowest BCUT2D eigenvalue weighted by atomic mass is 10.1. The minimum atomic E-state index is 0.280. The molecule has 0 aliphatic rings. The minimum absolute atomic E-state index is 0.280. The summed E-state index contributed by atoms with van der Waals surface area (Å²) in [4.78, 5) is 9.03. The number of hydrogen-bond donors (Lipinski definition) is 1. The fourth-order valence-electron chi connectivity index (χ4n) is 2.05. The van der Waals surface area contributed by atoms with Crippen molar-refractivity contribution in [3.05, 3.63) is 29.8 Å². The lowest BCUT2D eigenvalue weighted by Crippen LogP contribution is -2.20. The van der Waals surface area contributed by atoms with Crippen molar-refractivity contribution in [2.45, 2.75) is 33.2 Å². The SMILES string of the molecule is CCCNC(C)c1cnc(-c2cnn(C)c2)nc1C. The van der Waals surface area contributed by atoms with E-state index in [2.05, 4.69) is 34.2 Å². The molecule has 0 bridgehead atoms. The standard InChI is InChI=1S/C14H21N5/c1-5-6-15-10(2)13-8-16-14(18-11(13)3)12-7-17-19(4)9-12/h7-10,15H,5-6H2,1-4H3. The van der Waals surface area contributed by atoms with Crippen LogP contribution in [0.4, 0.5) is 0 Å². The van der Waals surface area contributed by atoms with Crippen LogP contribution in [0, 0.1) is 6.92 Å². The lowest BCUT2D eigenvalue weighted by molar-refractivity contribution is 0.564. The molecule has 1 N–H and O–H groups in total. The van der Waals surface area contributed by atoms with Crippen molar-refractivity contribution in [3.8, 4) is 11.4 Å². The van der Waals surface area contributed by atoms with Crippen molar-refractivity contribution in [3.63, 3.8) is 0 Å². The Morgan fingerprint density at radius 3 is 2.74 bits per heavy atom. The molecule has 102 valence electrons. The molecule has 2 heterocycles. The summed E-state index contributed by atoms with van der Waals surface area (Å²) in [5, 5.41) is 7.60. The molecule has 0 aliphatic carbocycles. The highest BCUT2D eigenvalue weighted by Crippen LogP contribution is 2.19. The van der Waals surface area contributed by atoms with Crippen LogP contribution in [0.5, 0.6) is 0 Å². The molecule has 0 fully saturated rings. The van der Waals surface area contributed by atoms with Gasteiger partial charge in [0.2, 0.25) is 0 Å². The van der Waals surface area contributed by atoms with Crippen LogP contribution in [0.15, 0.2) is 18.6 Å². The maximum Gasteiger partial charge on any atom is 0.162 e. The van der Waals surface area contributed by atoms with Crippen LogP contribution in [0.3, 0.4) is 0 Å². The molecular weight excluding hydrogens is 238 g/mol. The monoisotopic (exact) mass is 259 g/mol. The molecule has 0 saturated heterocycles. The van der Waals surface area contributed by atoms with Gasteiger partial charge in [0.15, 0.2) is 5.82 Å². The predicted molar refractivity (Wildman–Crippen MR) is 75.7 cm³/mol. The fourth-order valence-corrected chi connectivity index (χ4v) is 2.05. The van der Waals surface area contributed by atoms with E-state index < -0.39 is 0 Å². The zero-order valence-corrected chi connectivity index (χ0v) is 12.0. The number of rotatable bonds is 5. The van der Waals surface area contributed by atoms with Gasteiger partial charge >= 0.3 is 0 Å². The minimum Gasteiger partial charge on any atom is -0.310 e. The van der Waals surface area contributed by atoms with Crippen LogP contribution in [0.1, 0.15) is 37.6 Å². The maximum atomic E-state index is 4.58. The summed E-state index contributed by atoms with van der Waals surface area (Å²) < 4.78 is 1.76. The van der Waals surface area contributed by atoms with Gasteiger partial charge in [0.1, 0.15) is 0 Å². The van der Waals surface area contributed by atoms with E-state index in [-0.39, 0.29) is 6.04 Å². The molecule has 0 spiro atoms. The van der Waals surface area contributed by atoms with Gasteiger partial charge in [-0.15, -0.1) is 0 Å². The van der Waals surface area contributed by atoms with Gasteiger partial charge in [0.05, 0.1) is 11.8 Å². The van der Waals surface area contributed by atoms with Crippen molar-refractivity contribution in [1.29, 1.82) is 0 Å². The van der Waals surface area contributed by atoms with E-state index in [0.29, 0.717) is 0 Å². The molecule has 2 rings (SSSR count). The molecular formula is C14H21N5. The molecule has 0 radical (unpaired) electrons. The third-order valence-electron chi connectivity index (χ3n) is 3.15. The summed E-state index contributed by atoms with van der Waals surface area (Å²) in [6.45, 7) is 7.34. The van der Waals surface area contributed by atoms with Crippen molar-refractivity contribution in [1.82, 2.24) is 25.1 Å². The first-order valence-electron chi connectivity index (χ1n) is 6.67. The number of nitrogens with zero attached hydrogens (tertiary/aromatic N) is 4. The molecule has 1 unspecified atom stereocenters. The van der Waals surface area contributed by atoms with Crippen molar-refractivity contribution in [2.75, 3.05) is 6.54 Å². The molecule has 0 amide bonds. The van der Waals surface area contributed by atoms with E-state index in [0.717, 1.165) is 35.6 Å². The summed E-state index contributed by atoms with van der Waals surface area (Å²) in [6.07, 6.45) is 6.75. The Morgan fingerprint density at radius 1 is 1.37 bits per heavy atom. The molecule has 0 aromatic carbocycles. The molecule has 2 aromatic heterocycles. The second-order valence-corrected chi connectivity index (χ2v) is 4.81. The highest BCUT2D eigenvalue weighted by atomic mass is 15.2. The topological polar surface area (TPSA) is 55.6 Å². The van der Waals surface area contributed by atoms with Gasteiger partial charge in [-0.2, -0.15) is 5.10 Å². The second-order valence-electron chi connectivity index (χ2n) is 4.81. The molecule has 0 aliphatic heterocycles. The molecule has 2 aromatic rings. The van der Waals surface area contributed by atoms with E-state index in [1.165, 1.54) is 0 Å². The zero-order chi connectivity index (χ0) is 13.8. The summed E-state index contributed by atoms with van der Waals surface area (Å²) in [5.74, 6) is 0.733. The third kappa shape index (κ3) is 3.17.